The first-order valence-electron chi connectivity index (χ1n) is 5.18. The molecule has 0 saturated heterocycles. The molecule has 0 radical (unpaired) electrons. The van der Waals surface area contributed by atoms with Crippen LogP contribution in [0.1, 0.15) is 22.5 Å². The summed E-state index contributed by atoms with van der Waals surface area (Å²) in [7, 11) is 0. The van der Waals surface area contributed by atoms with Crippen LogP contribution in [-0.2, 0) is 0 Å². The van der Waals surface area contributed by atoms with Crippen molar-refractivity contribution in [2.75, 3.05) is 19.8 Å². The standard InChI is InChI=1S/C12H13FN2O2/c13-6-3-8-15-12(17)11-10(5-2-9-16)4-1-7-14-11/h1,4,7,16H,3,6,8-9H2,(H,15,17). The second-order valence-corrected chi connectivity index (χ2v) is 3.16. The number of carbonyl (C=O) groups excluding carboxylic acids is 1. The van der Waals surface area contributed by atoms with Gasteiger partial charge in [0.25, 0.3) is 5.91 Å². The van der Waals surface area contributed by atoms with E-state index in [9.17, 15) is 9.18 Å². The second-order valence-electron chi connectivity index (χ2n) is 3.16. The Morgan fingerprint density at radius 1 is 1.59 bits per heavy atom. The predicted octanol–water partition coefficient (Wildman–Crippen LogP) is 0.515. The van der Waals surface area contributed by atoms with Crippen molar-refractivity contribution in [2.45, 2.75) is 6.42 Å². The molecule has 90 valence electrons. The van der Waals surface area contributed by atoms with E-state index in [-0.39, 0.29) is 31.2 Å². The second kappa shape index (κ2) is 7.36. The maximum absolute atomic E-state index is 11.9. The van der Waals surface area contributed by atoms with Gasteiger partial charge in [-0.15, -0.1) is 0 Å². The van der Waals surface area contributed by atoms with Gasteiger partial charge in [0, 0.05) is 12.7 Å². The molecule has 0 spiro atoms. The number of nitrogens with one attached hydrogen (secondary N) is 1. The van der Waals surface area contributed by atoms with Crippen molar-refractivity contribution in [2.24, 2.45) is 0 Å². The van der Waals surface area contributed by atoms with E-state index in [1.807, 2.05) is 0 Å². The first-order chi connectivity index (χ1) is 8.29. The highest BCUT2D eigenvalue weighted by atomic mass is 19.1. The summed E-state index contributed by atoms with van der Waals surface area (Å²) in [6, 6.07) is 3.29. The van der Waals surface area contributed by atoms with E-state index in [1.54, 1.807) is 12.1 Å². The number of aliphatic hydroxyl groups excluding tert-OH is 1. The molecule has 1 heterocycles. The highest BCUT2D eigenvalue weighted by Crippen LogP contribution is 2.03. The highest BCUT2D eigenvalue weighted by molar-refractivity contribution is 5.94. The van der Waals surface area contributed by atoms with Crippen molar-refractivity contribution < 1.29 is 14.3 Å². The van der Waals surface area contributed by atoms with E-state index in [0.29, 0.717) is 5.56 Å². The molecule has 0 atom stereocenters. The van der Waals surface area contributed by atoms with Crippen LogP contribution in [0.4, 0.5) is 4.39 Å². The van der Waals surface area contributed by atoms with Crippen molar-refractivity contribution in [1.82, 2.24) is 10.3 Å². The van der Waals surface area contributed by atoms with Gasteiger partial charge in [-0.1, -0.05) is 11.8 Å². The van der Waals surface area contributed by atoms with E-state index in [1.165, 1.54) is 6.20 Å². The zero-order valence-corrected chi connectivity index (χ0v) is 9.24. The summed E-state index contributed by atoms with van der Waals surface area (Å²) in [5, 5.41) is 11.1. The molecule has 0 aliphatic heterocycles. The minimum atomic E-state index is -0.473. The van der Waals surface area contributed by atoms with Gasteiger partial charge in [-0.3, -0.25) is 9.18 Å². The number of nitrogens with zero attached hydrogens (tertiary/aromatic N) is 1. The Morgan fingerprint density at radius 3 is 3.12 bits per heavy atom. The third-order valence-electron chi connectivity index (χ3n) is 1.92. The molecule has 0 aliphatic carbocycles. The first-order valence-corrected chi connectivity index (χ1v) is 5.18. The lowest BCUT2D eigenvalue weighted by Crippen LogP contribution is -2.26. The normalized spacial score (nSPS) is 9.29. The Kier molecular flexibility index (Phi) is 5.69. The topological polar surface area (TPSA) is 62.2 Å². The van der Waals surface area contributed by atoms with Crippen LogP contribution in [0.5, 0.6) is 0 Å². The third-order valence-corrected chi connectivity index (χ3v) is 1.92. The minimum Gasteiger partial charge on any atom is -0.384 e. The Morgan fingerprint density at radius 2 is 2.41 bits per heavy atom. The van der Waals surface area contributed by atoms with E-state index < -0.39 is 6.67 Å². The third kappa shape index (κ3) is 4.21. The number of hydrogen-bond acceptors (Lipinski definition) is 3. The van der Waals surface area contributed by atoms with Gasteiger partial charge in [0.15, 0.2) is 0 Å². The maximum atomic E-state index is 11.9. The lowest BCUT2D eigenvalue weighted by molar-refractivity contribution is 0.0947. The van der Waals surface area contributed by atoms with Gasteiger partial charge in [-0.2, -0.15) is 0 Å². The number of aliphatic hydroxyl groups is 1. The summed E-state index contributed by atoms with van der Waals surface area (Å²) in [4.78, 5) is 15.6. The van der Waals surface area contributed by atoms with Crippen LogP contribution >= 0.6 is 0 Å². The summed E-state index contributed by atoms with van der Waals surface area (Å²) in [5.74, 6) is 4.70. The quantitative estimate of drug-likeness (QED) is 0.591. The van der Waals surface area contributed by atoms with Crippen molar-refractivity contribution in [3.8, 4) is 11.8 Å². The Hall–Kier alpha value is -1.93. The van der Waals surface area contributed by atoms with E-state index in [0.717, 1.165) is 0 Å². The Bertz CT molecular complexity index is 438. The number of hydrogen-bond donors (Lipinski definition) is 2. The van der Waals surface area contributed by atoms with Gasteiger partial charge in [-0.25, -0.2) is 4.98 Å². The number of carbonyl (C=O) groups is 1. The molecule has 1 aromatic heterocycles. The molecule has 1 aromatic rings. The SMILES string of the molecule is O=C(NCCCF)c1ncccc1C#CCO. The van der Waals surface area contributed by atoms with Crippen molar-refractivity contribution in [1.29, 1.82) is 0 Å². The molecule has 17 heavy (non-hydrogen) atoms. The number of aromatic nitrogens is 1. The van der Waals surface area contributed by atoms with Crippen LogP contribution in [0, 0.1) is 11.8 Å². The van der Waals surface area contributed by atoms with Gasteiger partial charge in [0.1, 0.15) is 12.3 Å². The summed E-state index contributed by atoms with van der Waals surface area (Å²) in [5.41, 5.74) is 0.631. The molecule has 4 nitrogen and oxygen atoms in total. The number of halogens is 1. The zero-order chi connectivity index (χ0) is 12.5. The van der Waals surface area contributed by atoms with E-state index >= 15 is 0 Å². The number of alkyl halides is 1. The molecule has 0 aliphatic rings. The lowest BCUT2D eigenvalue weighted by atomic mass is 10.2. The van der Waals surface area contributed by atoms with Gasteiger partial charge >= 0.3 is 0 Å². The molecule has 1 rings (SSSR count). The van der Waals surface area contributed by atoms with Gasteiger partial charge < -0.3 is 10.4 Å². The minimum absolute atomic E-state index is 0.187. The molecule has 0 fully saturated rings. The average molecular weight is 236 g/mol. The van der Waals surface area contributed by atoms with Crippen molar-refractivity contribution in [3.05, 3.63) is 29.6 Å². The average Bonchev–Trinajstić information content (AvgIpc) is 2.37. The molecule has 0 bridgehead atoms. The fourth-order valence-corrected chi connectivity index (χ4v) is 1.17. The lowest BCUT2D eigenvalue weighted by Gasteiger charge is -2.04. The molecular weight excluding hydrogens is 223 g/mol. The Labute approximate surface area is 98.9 Å². The first kappa shape index (κ1) is 13.1. The van der Waals surface area contributed by atoms with Gasteiger partial charge in [-0.05, 0) is 18.6 Å². The molecule has 5 heteroatoms. The fourth-order valence-electron chi connectivity index (χ4n) is 1.17. The monoisotopic (exact) mass is 236 g/mol. The van der Waals surface area contributed by atoms with Gasteiger partial charge in [0.2, 0.25) is 0 Å². The number of rotatable bonds is 4. The zero-order valence-electron chi connectivity index (χ0n) is 9.24. The number of pyridine rings is 1. The molecule has 0 aromatic carbocycles. The van der Waals surface area contributed by atoms with Crippen LogP contribution in [0.3, 0.4) is 0 Å². The Balaban J connectivity index is 2.78. The molecule has 0 saturated carbocycles. The van der Waals surface area contributed by atoms with Crippen LogP contribution in [0.25, 0.3) is 0 Å². The number of amides is 1. The van der Waals surface area contributed by atoms with Crippen molar-refractivity contribution in [3.63, 3.8) is 0 Å². The molecular formula is C12H13FN2O2. The summed E-state index contributed by atoms with van der Waals surface area (Å²) >= 11 is 0. The summed E-state index contributed by atoms with van der Waals surface area (Å²) in [6.45, 7) is -0.490. The largest absolute Gasteiger partial charge is 0.384 e. The predicted molar refractivity (Wildman–Crippen MR) is 61.1 cm³/mol. The summed E-state index contributed by atoms with van der Waals surface area (Å²) < 4.78 is 11.9. The smallest absolute Gasteiger partial charge is 0.271 e. The van der Waals surface area contributed by atoms with E-state index in [2.05, 4.69) is 22.1 Å². The molecule has 2 N–H and O–H groups in total. The van der Waals surface area contributed by atoms with Crippen LogP contribution < -0.4 is 5.32 Å². The van der Waals surface area contributed by atoms with Crippen molar-refractivity contribution >= 4 is 5.91 Å². The van der Waals surface area contributed by atoms with Crippen LogP contribution in [0.15, 0.2) is 18.3 Å². The van der Waals surface area contributed by atoms with Crippen LogP contribution in [-0.4, -0.2) is 35.8 Å². The van der Waals surface area contributed by atoms with Gasteiger partial charge in [0.05, 0.1) is 12.2 Å². The summed E-state index contributed by atoms with van der Waals surface area (Å²) in [6.07, 6.45) is 1.75. The maximum Gasteiger partial charge on any atom is 0.271 e. The van der Waals surface area contributed by atoms with E-state index in [4.69, 9.17) is 5.11 Å². The van der Waals surface area contributed by atoms with Crippen LogP contribution in [0.2, 0.25) is 0 Å². The molecule has 1 amide bonds. The highest BCUT2D eigenvalue weighted by Gasteiger charge is 2.10. The molecule has 0 unspecified atom stereocenters. The fraction of sp³-hybridized carbons (Fsp3) is 0.333.